The van der Waals surface area contributed by atoms with Crippen molar-refractivity contribution in [1.82, 2.24) is 19.1 Å². The van der Waals surface area contributed by atoms with Gasteiger partial charge in [0.1, 0.15) is 28.7 Å². The van der Waals surface area contributed by atoms with Gasteiger partial charge >= 0.3 is 6.18 Å². The molecule has 0 radical (unpaired) electrons. The zero-order valence-corrected chi connectivity index (χ0v) is 17.1. The zero-order valence-electron chi connectivity index (χ0n) is 17.1. The fourth-order valence-electron chi connectivity index (χ4n) is 3.24. The monoisotopic (exact) mass is 419 g/mol. The number of nitrogens with zero attached hydrogens (tertiary/aromatic N) is 5. The van der Waals surface area contributed by atoms with Crippen LogP contribution < -0.4 is 10.3 Å². The molecule has 7 nitrogen and oxygen atoms in total. The molecule has 0 atom stereocenters. The molecule has 0 aliphatic carbocycles. The zero-order chi connectivity index (χ0) is 22.4. The minimum Gasteiger partial charge on any atom is -0.471 e. The molecule has 158 valence electrons. The highest BCUT2D eigenvalue weighted by atomic mass is 19.4. The van der Waals surface area contributed by atoms with Gasteiger partial charge in [0.25, 0.3) is 5.56 Å². The average molecular weight is 419 g/mol. The highest BCUT2D eigenvalue weighted by Gasteiger charge is 2.35. The molecule has 3 aromatic heterocycles. The second-order valence-electron chi connectivity index (χ2n) is 7.37. The molecule has 0 aliphatic rings. The summed E-state index contributed by atoms with van der Waals surface area (Å²) in [5, 5.41) is 9.10. The number of aryl methyl sites for hydroxylation is 2. The quantitative estimate of drug-likeness (QED) is 0.642. The van der Waals surface area contributed by atoms with E-state index in [1.54, 1.807) is 33.9 Å². The third kappa shape index (κ3) is 3.63. The predicted octanol–water partition coefficient (Wildman–Crippen LogP) is 3.83. The third-order valence-corrected chi connectivity index (χ3v) is 4.65. The maximum atomic E-state index is 13.4. The largest absolute Gasteiger partial charge is 0.471 e. The molecule has 3 rings (SSSR count). The summed E-state index contributed by atoms with van der Waals surface area (Å²) in [7, 11) is 1.56. The lowest BCUT2D eigenvalue weighted by molar-refractivity contribution is -0.144. The predicted molar refractivity (Wildman–Crippen MR) is 104 cm³/mol. The van der Waals surface area contributed by atoms with Gasteiger partial charge in [-0.15, -0.1) is 0 Å². The number of aromatic nitrogens is 4. The first-order chi connectivity index (χ1) is 13.9. The summed E-state index contributed by atoms with van der Waals surface area (Å²) in [5.74, 6) is 0.627. The lowest BCUT2D eigenvalue weighted by Crippen LogP contribution is -2.28. The molecule has 0 spiro atoms. The van der Waals surface area contributed by atoms with Crippen LogP contribution in [0.15, 0.2) is 23.1 Å². The Labute approximate surface area is 170 Å². The van der Waals surface area contributed by atoms with Crippen molar-refractivity contribution in [3.8, 4) is 23.3 Å². The number of rotatable bonds is 4. The highest BCUT2D eigenvalue weighted by molar-refractivity contribution is 5.80. The van der Waals surface area contributed by atoms with Crippen LogP contribution in [0.4, 0.5) is 13.2 Å². The van der Waals surface area contributed by atoms with Gasteiger partial charge in [-0.2, -0.15) is 18.4 Å². The number of pyridine rings is 2. The average Bonchev–Trinajstić information content (AvgIpc) is 2.97. The van der Waals surface area contributed by atoms with E-state index in [1.807, 2.05) is 6.07 Å². The van der Waals surface area contributed by atoms with E-state index < -0.39 is 23.0 Å². The number of alkyl halides is 3. The van der Waals surface area contributed by atoms with E-state index >= 15 is 0 Å². The van der Waals surface area contributed by atoms with Gasteiger partial charge in [-0.1, -0.05) is 0 Å². The molecular weight excluding hydrogens is 399 g/mol. The number of fused-ring (bicyclic) bond motifs is 1. The van der Waals surface area contributed by atoms with Crippen molar-refractivity contribution < 1.29 is 17.9 Å². The Bertz CT molecular complexity index is 1230. The highest BCUT2D eigenvalue weighted by Crippen LogP contribution is 2.32. The summed E-state index contributed by atoms with van der Waals surface area (Å²) in [6.07, 6.45) is -3.27. The topological polar surface area (TPSA) is 85.7 Å². The molecule has 0 fully saturated rings. The van der Waals surface area contributed by atoms with E-state index in [4.69, 9.17) is 10.00 Å². The summed E-state index contributed by atoms with van der Waals surface area (Å²) in [5.41, 5.74) is -1.82. The van der Waals surface area contributed by atoms with Crippen LogP contribution in [0.1, 0.15) is 32.0 Å². The van der Waals surface area contributed by atoms with Gasteiger partial charge in [0.2, 0.25) is 0 Å². The molecule has 0 unspecified atom stereocenters. The lowest BCUT2D eigenvalue weighted by Gasteiger charge is -2.18. The second kappa shape index (κ2) is 7.16. The molecule has 0 aromatic carbocycles. The Balaban J connectivity index is 2.19. The Morgan fingerprint density at radius 3 is 2.47 bits per heavy atom. The second-order valence-corrected chi connectivity index (χ2v) is 7.37. The van der Waals surface area contributed by atoms with Crippen molar-refractivity contribution >= 4 is 11.0 Å². The fourth-order valence-corrected chi connectivity index (χ4v) is 3.24. The number of ether oxygens (including phenoxy) is 1. The van der Waals surface area contributed by atoms with E-state index in [-0.39, 0.29) is 23.4 Å². The molecule has 10 heteroatoms. The molecule has 3 heterocycles. The number of nitriles is 1. The van der Waals surface area contributed by atoms with Crippen LogP contribution in [-0.4, -0.2) is 24.7 Å². The van der Waals surface area contributed by atoms with Crippen molar-refractivity contribution in [2.45, 2.75) is 46.0 Å². The molecular formula is C20H20F3N5O2. The summed E-state index contributed by atoms with van der Waals surface area (Å²) < 4.78 is 47.9. The minimum absolute atomic E-state index is 0.0540. The number of hydrogen-bond donors (Lipinski definition) is 0. The van der Waals surface area contributed by atoms with E-state index in [2.05, 4.69) is 9.97 Å². The van der Waals surface area contributed by atoms with E-state index in [0.717, 1.165) is 6.07 Å². The van der Waals surface area contributed by atoms with Gasteiger partial charge < -0.3 is 13.9 Å². The third-order valence-electron chi connectivity index (χ3n) is 4.65. The molecule has 3 aromatic rings. The summed E-state index contributed by atoms with van der Waals surface area (Å²) >= 11 is 0. The Hall–Kier alpha value is -3.35. The first-order valence-corrected chi connectivity index (χ1v) is 9.14. The lowest BCUT2D eigenvalue weighted by atomic mass is 10.1. The summed E-state index contributed by atoms with van der Waals surface area (Å²) in [6, 6.07) is 4.56. The Morgan fingerprint density at radius 1 is 1.27 bits per heavy atom. The van der Waals surface area contributed by atoms with Crippen LogP contribution >= 0.6 is 0 Å². The van der Waals surface area contributed by atoms with Crippen molar-refractivity contribution in [1.29, 1.82) is 5.26 Å². The molecule has 0 aliphatic heterocycles. The van der Waals surface area contributed by atoms with Crippen LogP contribution in [0.2, 0.25) is 0 Å². The first-order valence-electron chi connectivity index (χ1n) is 9.14. The van der Waals surface area contributed by atoms with Crippen molar-refractivity contribution in [3.05, 3.63) is 39.9 Å². The normalized spacial score (nSPS) is 12.2. The SMILES string of the molecule is CCn1c(C(F)(F)F)cc2nc(-c3ncc(OC(C)(C)C#N)cc3C)n(C)c2c1=O. The molecule has 0 saturated carbocycles. The number of hydrogen-bond acceptors (Lipinski definition) is 5. The molecule has 0 bridgehead atoms. The van der Waals surface area contributed by atoms with Crippen molar-refractivity contribution in [2.24, 2.45) is 7.05 Å². The van der Waals surface area contributed by atoms with E-state index in [1.165, 1.54) is 17.7 Å². The summed E-state index contributed by atoms with van der Waals surface area (Å²) in [4.78, 5) is 21.3. The van der Waals surface area contributed by atoms with Gasteiger partial charge in [0.05, 0.1) is 11.7 Å². The van der Waals surface area contributed by atoms with Crippen LogP contribution in [0.5, 0.6) is 5.75 Å². The number of imidazole rings is 1. The smallest absolute Gasteiger partial charge is 0.431 e. The van der Waals surface area contributed by atoms with Gasteiger partial charge in [-0.05, 0) is 45.4 Å². The van der Waals surface area contributed by atoms with Crippen LogP contribution in [-0.2, 0) is 19.8 Å². The van der Waals surface area contributed by atoms with E-state index in [9.17, 15) is 18.0 Å². The standard InChI is InChI=1S/C20H20F3N5O2/c1-6-28-14(20(21,22)23)8-13-16(18(28)29)27(5)17(26-13)15-11(2)7-12(9-25-15)30-19(3,4)10-24/h7-9H,6H2,1-5H3. The molecule has 30 heavy (non-hydrogen) atoms. The maximum Gasteiger partial charge on any atom is 0.431 e. The fraction of sp³-hybridized carbons (Fsp3) is 0.400. The Morgan fingerprint density at radius 2 is 1.93 bits per heavy atom. The maximum absolute atomic E-state index is 13.4. The van der Waals surface area contributed by atoms with Gasteiger partial charge in [0.15, 0.2) is 11.4 Å². The molecule has 0 saturated heterocycles. The minimum atomic E-state index is -4.68. The van der Waals surface area contributed by atoms with Crippen molar-refractivity contribution in [3.63, 3.8) is 0 Å². The van der Waals surface area contributed by atoms with Crippen LogP contribution in [0, 0.1) is 18.3 Å². The van der Waals surface area contributed by atoms with E-state index in [0.29, 0.717) is 21.6 Å². The summed E-state index contributed by atoms with van der Waals surface area (Å²) in [6.45, 7) is 6.31. The number of halogens is 3. The van der Waals surface area contributed by atoms with Gasteiger partial charge in [-0.3, -0.25) is 4.79 Å². The van der Waals surface area contributed by atoms with Gasteiger partial charge in [-0.25, -0.2) is 9.97 Å². The Kier molecular flexibility index (Phi) is 5.10. The first kappa shape index (κ1) is 21.4. The van der Waals surface area contributed by atoms with Crippen molar-refractivity contribution in [2.75, 3.05) is 0 Å². The van der Waals surface area contributed by atoms with Crippen LogP contribution in [0.25, 0.3) is 22.6 Å². The molecule has 0 N–H and O–H groups in total. The van der Waals surface area contributed by atoms with Gasteiger partial charge in [0, 0.05) is 13.6 Å². The van der Waals surface area contributed by atoms with Crippen LogP contribution in [0.3, 0.4) is 0 Å². The molecule has 0 amide bonds.